The van der Waals surface area contributed by atoms with Gasteiger partial charge in [0, 0.05) is 17.4 Å². The molecular weight excluding hydrogens is 328 g/mol. The molecule has 26 heavy (non-hydrogen) atoms. The molecule has 0 saturated carbocycles. The molecule has 0 aliphatic heterocycles. The van der Waals surface area contributed by atoms with Crippen molar-refractivity contribution in [1.29, 1.82) is 0 Å². The quantitative estimate of drug-likeness (QED) is 0.751. The van der Waals surface area contributed by atoms with Crippen LogP contribution in [0.2, 0.25) is 0 Å². The Hall–Kier alpha value is -3.08. The Bertz CT molecular complexity index is 803. The maximum atomic E-state index is 12.1. The van der Waals surface area contributed by atoms with Crippen molar-refractivity contribution in [1.82, 2.24) is 0 Å². The monoisotopic (exact) mass is 352 g/mol. The second kappa shape index (κ2) is 8.34. The molecule has 5 heteroatoms. The summed E-state index contributed by atoms with van der Waals surface area (Å²) in [4.78, 5) is 23.6. The third-order valence-electron chi connectivity index (χ3n) is 3.63. The molecule has 0 saturated heterocycles. The lowest BCUT2D eigenvalue weighted by molar-refractivity contribution is -0.111. The van der Waals surface area contributed by atoms with Crippen molar-refractivity contribution in [2.24, 2.45) is 0 Å². The van der Waals surface area contributed by atoms with E-state index in [0.717, 1.165) is 0 Å². The van der Waals surface area contributed by atoms with Crippen LogP contribution in [0.5, 0.6) is 5.75 Å². The number of hydrogen-bond acceptors (Lipinski definition) is 3. The van der Waals surface area contributed by atoms with Crippen molar-refractivity contribution < 1.29 is 14.3 Å². The van der Waals surface area contributed by atoms with Crippen LogP contribution in [0.1, 0.15) is 33.3 Å². The molecule has 0 bridgehead atoms. The van der Waals surface area contributed by atoms with Gasteiger partial charge in [0.15, 0.2) is 0 Å². The standard InChI is InChI=1S/C21H24N2O3/c1-5-7-19(24)22-17-8-6-9-18(14-17)26-20(25)23-16-12-10-15(11-13-16)21(2,3)4/h5-14H,1-4H3,(H,22,24)(H,23,25)/b7-5+. The highest BCUT2D eigenvalue weighted by Crippen LogP contribution is 2.24. The van der Waals surface area contributed by atoms with Crippen LogP contribution in [-0.4, -0.2) is 12.0 Å². The Morgan fingerprint density at radius 1 is 0.962 bits per heavy atom. The molecule has 2 aromatic rings. The van der Waals surface area contributed by atoms with Crippen LogP contribution in [0.3, 0.4) is 0 Å². The second-order valence-electron chi connectivity index (χ2n) is 6.86. The molecule has 0 heterocycles. The molecule has 0 unspecified atom stereocenters. The molecule has 0 aliphatic rings. The first-order chi connectivity index (χ1) is 12.3. The fourth-order valence-corrected chi connectivity index (χ4v) is 2.28. The van der Waals surface area contributed by atoms with Crippen LogP contribution >= 0.6 is 0 Å². The summed E-state index contributed by atoms with van der Waals surface area (Å²) in [6.45, 7) is 8.15. The third-order valence-corrected chi connectivity index (χ3v) is 3.63. The summed E-state index contributed by atoms with van der Waals surface area (Å²) in [5, 5.41) is 5.38. The minimum atomic E-state index is -0.592. The van der Waals surface area contributed by atoms with Crippen molar-refractivity contribution in [2.45, 2.75) is 33.1 Å². The van der Waals surface area contributed by atoms with Crippen molar-refractivity contribution >= 4 is 23.4 Å². The molecule has 2 N–H and O–H groups in total. The van der Waals surface area contributed by atoms with E-state index in [-0.39, 0.29) is 11.3 Å². The summed E-state index contributed by atoms with van der Waals surface area (Å²) >= 11 is 0. The molecule has 0 radical (unpaired) electrons. The lowest BCUT2D eigenvalue weighted by Gasteiger charge is -2.19. The van der Waals surface area contributed by atoms with E-state index in [0.29, 0.717) is 17.1 Å². The number of anilines is 2. The van der Waals surface area contributed by atoms with Gasteiger partial charge in [0.2, 0.25) is 5.91 Å². The van der Waals surface area contributed by atoms with Gasteiger partial charge in [-0.05, 0) is 48.2 Å². The number of nitrogens with one attached hydrogen (secondary N) is 2. The first-order valence-corrected chi connectivity index (χ1v) is 8.41. The molecular formula is C21H24N2O3. The maximum absolute atomic E-state index is 12.1. The van der Waals surface area contributed by atoms with Crippen LogP contribution in [0.4, 0.5) is 16.2 Å². The largest absolute Gasteiger partial charge is 0.417 e. The fraction of sp³-hybridized carbons (Fsp3) is 0.238. The number of rotatable bonds is 4. The average molecular weight is 352 g/mol. The van der Waals surface area contributed by atoms with E-state index in [4.69, 9.17) is 4.74 Å². The highest BCUT2D eigenvalue weighted by atomic mass is 16.6. The minimum Gasteiger partial charge on any atom is -0.410 e. The predicted octanol–water partition coefficient (Wildman–Crippen LogP) is 5.11. The summed E-state index contributed by atoms with van der Waals surface area (Å²) in [6.07, 6.45) is 2.47. The summed E-state index contributed by atoms with van der Waals surface area (Å²) in [6, 6.07) is 14.3. The number of hydrogen-bond donors (Lipinski definition) is 2. The third kappa shape index (κ3) is 5.77. The summed E-state index contributed by atoms with van der Waals surface area (Å²) in [5.41, 5.74) is 2.44. The normalized spacial score (nSPS) is 11.2. The van der Waals surface area contributed by atoms with Crippen molar-refractivity contribution in [2.75, 3.05) is 10.6 Å². The number of allylic oxidation sites excluding steroid dienone is 1. The first-order valence-electron chi connectivity index (χ1n) is 8.41. The van der Waals surface area contributed by atoms with Gasteiger partial charge in [0.1, 0.15) is 5.75 Å². The van der Waals surface area contributed by atoms with Crippen molar-refractivity contribution in [3.05, 3.63) is 66.2 Å². The smallest absolute Gasteiger partial charge is 0.410 e. The number of ether oxygens (including phenoxy) is 1. The SMILES string of the molecule is C/C=C/C(=O)Nc1cccc(OC(=O)Nc2ccc(C(C)(C)C)cc2)c1. The van der Waals surface area contributed by atoms with Gasteiger partial charge < -0.3 is 10.1 Å². The molecule has 0 aromatic heterocycles. The van der Waals surface area contributed by atoms with Gasteiger partial charge in [-0.3, -0.25) is 10.1 Å². The lowest BCUT2D eigenvalue weighted by Crippen LogP contribution is -2.17. The Labute approximate surface area is 154 Å². The Balaban J connectivity index is 1.98. The van der Waals surface area contributed by atoms with E-state index in [2.05, 4.69) is 31.4 Å². The Kier molecular flexibility index (Phi) is 6.17. The molecule has 2 aromatic carbocycles. The number of benzene rings is 2. The zero-order valence-corrected chi connectivity index (χ0v) is 15.5. The Morgan fingerprint density at radius 3 is 2.27 bits per heavy atom. The molecule has 0 atom stereocenters. The maximum Gasteiger partial charge on any atom is 0.417 e. The van der Waals surface area contributed by atoms with Gasteiger partial charge in [0.05, 0.1) is 0 Å². The van der Waals surface area contributed by atoms with Gasteiger partial charge in [0.25, 0.3) is 0 Å². The molecule has 2 rings (SSSR count). The van der Waals surface area contributed by atoms with Crippen molar-refractivity contribution in [3.8, 4) is 5.75 Å². The van der Waals surface area contributed by atoms with E-state index < -0.39 is 6.09 Å². The highest BCUT2D eigenvalue weighted by Gasteiger charge is 2.13. The molecule has 2 amide bonds. The van der Waals surface area contributed by atoms with Crippen LogP contribution in [0, 0.1) is 0 Å². The number of carbonyl (C=O) groups excluding carboxylic acids is 2. The molecule has 5 nitrogen and oxygen atoms in total. The van der Waals surface area contributed by atoms with E-state index in [1.807, 2.05) is 24.3 Å². The van der Waals surface area contributed by atoms with E-state index in [1.165, 1.54) is 11.6 Å². The fourth-order valence-electron chi connectivity index (χ4n) is 2.28. The van der Waals surface area contributed by atoms with Crippen LogP contribution in [0.15, 0.2) is 60.7 Å². The van der Waals surface area contributed by atoms with Crippen LogP contribution in [-0.2, 0) is 10.2 Å². The number of amides is 2. The topological polar surface area (TPSA) is 67.4 Å². The van der Waals surface area contributed by atoms with Gasteiger partial charge in [-0.15, -0.1) is 0 Å². The van der Waals surface area contributed by atoms with Crippen molar-refractivity contribution in [3.63, 3.8) is 0 Å². The van der Waals surface area contributed by atoms with Crippen LogP contribution < -0.4 is 15.4 Å². The predicted molar refractivity (Wildman–Crippen MR) is 105 cm³/mol. The summed E-state index contributed by atoms with van der Waals surface area (Å²) < 4.78 is 5.28. The van der Waals surface area contributed by atoms with Gasteiger partial charge in [-0.25, -0.2) is 4.79 Å². The Morgan fingerprint density at radius 2 is 1.65 bits per heavy atom. The zero-order valence-electron chi connectivity index (χ0n) is 15.5. The number of carbonyl (C=O) groups is 2. The van der Waals surface area contributed by atoms with Gasteiger partial charge >= 0.3 is 6.09 Å². The van der Waals surface area contributed by atoms with E-state index >= 15 is 0 Å². The first kappa shape index (κ1) is 19.2. The highest BCUT2D eigenvalue weighted by molar-refractivity contribution is 5.99. The van der Waals surface area contributed by atoms with E-state index in [9.17, 15) is 9.59 Å². The molecule has 0 fully saturated rings. The summed E-state index contributed by atoms with van der Waals surface area (Å²) in [5.74, 6) is 0.0973. The summed E-state index contributed by atoms with van der Waals surface area (Å²) in [7, 11) is 0. The average Bonchev–Trinajstić information content (AvgIpc) is 2.55. The van der Waals surface area contributed by atoms with E-state index in [1.54, 1.807) is 37.3 Å². The van der Waals surface area contributed by atoms with Gasteiger partial charge in [-0.2, -0.15) is 0 Å². The molecule has 0 aliphatic carbocycles. The molecule has 0 spiro atoms. The zero-order chi connectivity index (χ0) is 19.2. The molecule has 136 valence electrons. The minimum absolute atomic E-state index is 0.0525. The second-order valence-corrected chi connectivity index (χ2v) is 6.86. The lowest BCUT2D eigenvalue weighted by atomic mass is 9.87. The van der Waals surface area contributed by atoms with Gasteiger partial charge in [-0.1, -0.05) is 45.0 Å². The van der Waals surface area contributed by atoms with Crippen LogP contribution in [0.25, 0.3) is 0 Å².